The van der Waals surface area contributed by atoms with Crippen LogP contribution in [0.25, 0.3) is 6.08 Å². The highest BCUT2D eigenvalue weighted by Gasteiger charge is 2.40. The summed E-state index contributed by atoms with van der Waals surface area (Å²) in [5.74, 6) is -0.335. The summed E-state index contributed by atoms with van der Waals surface area (Å²) in [5.41, 5.74) is 3.52. The van der Waals surface area contributed by atoms with Crippen LogP contribution in [0.15, 0.2) is 24.3 Å². The smallest absolute Gasteiger partial charge is 0.330 e. The second-order valence-electron chi connectivity index (χ2n) is 6.04. The van der Waals surface area contributed by atoms with Gasteiger partial charge in [-0.25, -0.2) is 4.79 Å². The zero-order valence-corrected chi connectivity index (χ0v) is 12.2. The Kier molecular flexibility index (Phi) is 3.27. The summed E-state index contributed by atoms with van der Waals surface area (Å²) in [5, 5.41) is 3.62. The molecule has 0 aromatic heterocycles. The summed E-state index contributed by atoms with van der Waals surface area (Å²) in [4.78, 5) is 11.1. The molecule has 3 nitrogen and oxygen atoms in total. The van der Waals surface area contributed by atoms with E-state index in [-0.39, 0.29) is 17.0 Å². The number of nitrogens with one attached hydrogen (secondary N) is 1. The first-order chi connectivity index (χ1) is 8.76. The van der Waals surface area contributed by atoms with E-state index in [4.69, 9.17) is 0 Å². The monoisotopic (exact) mass is 259 g/mol. The van der Waals surface area contributed by atoms with Crippen LogP contribution in [0.1, 0.15) is 44.4 Å². The van der Waals surface area contributed by atoms with Gasteiger partial charge in [0.15, 0.2) is 0 Å². The predicted octanol–water partition coefficient (Wildman–Crippen LogP) is 2.95. The fraction of sp³-hybridized carbons (Fsp3) is 0.438. The van der Waals surface area contributed by atoms with Crippen LogP contribution < -0.4 is 5.32 Å². The summed E-state index contributed by atoms with van der Waals surface area (Å²) in [6, 6.07) is 6.30. The maximum absolute atomic E-state index is 11.1. The van der Waals surface area contributed by atoms with Gasteiger partial charge in [0.1, 0.15) is 0 Å². The van der Waals surface area contributed by atoms with Crippen molar-refractivity contribution in [2.75, 3.05) is 7.11 Å². The average molecular weight is 259 g/mol. The lowest BCUT2D eigenvalue weighted by atomic mass is 9.89. The minimum absolute atomic E-state index is 0.0244. The molecular formula is C16H21NO2. The van der Waals surface area contributed by atoms with Gasteiger partial charge in [0, 0.05) is 17.2 Å². The molecule has 1 aliphatic rings. The van der Waals surface area contributed by atoms with E-state index in [0.717, 1.165) is 5.56 Å². The molecule has 3 heteroatoms. The third kappa shape index (κ3) is 2.56. The van der Waals surface area contributed by atoms with E-state index in [1.165, 1.54) is 24.3 Å². The molecule has 19 heavy (non-hydrogen) atoms. The molecule has 0 bridgehead atoms. The van der Waals surface area contributed by atoms with Crippen LogP contribution in [0.3, 0.4) is 0 Å². The number of rotatable bonds is 2. The standard InChI is InChI=1S/C16H21NO2/c1-15(2)12-8-6-11(7-9-14(18)19-5)10-13(12)16(3,4)17-15/h6-10,17H,1-5H3/b9-7+. The molecule has 0 fully saturated rings. The molecule has 1 aliphatic heterocycles. The van der Waals surface area contributed by atoms with Crippen LogP contribution in [0.4, 0.5) is 0 Å². The van der Waals surface area contributed by atoms with Crippen molar-refractivity contribution in [3.05, 3.63) is 41.0 Å². The Morgan fingerprint density at radius 2 is 1.79 bits per heavy atom. The highest BCUT2D eigenvalue weighted by molar-refractivity contribution is 5.87. The van der Waals surface area contributed by atoms with Gasteiger partial charge in [-0.1, -0.05) is 12.1 Å². The summed E-state index contributed by atoms with van der Waals surface area (Å²) in [7, 11) is 1.38. The van der Waals surface area contributed by atoms with Crippen LogP contribution in [0.5, 0.6) is 0 Å². The Morgan fingerprint density at radius 1 is 1.16 bits per heavy atom. The lowest BCUT2D eigenvalue weighted by Crippen LogP contribution is -2.39. The molecule has 2 rings (SSSR count). The quantitative estimate of drug-likeness (QED) is 0.655. The van der Waals surface area contributed by atoms with Crippen molar-refractivity contribution in [3.63, 3.8) is 0 Å². The minimum Gasteiger partial charge on any atom is -0.466 e. The highest BCUT2D eigenvalue weighted by atomic mass is 16.5. The van der Waals surface area contributed by atoms with Gasteiger partial charge < -0.3 is 4.74 Å². The van der Waals surface area contributed by atoms with E-state index in [1.807, 2.05) is 6.07 Å². The number of carbonyl (C=O) groups excluding carboxylic acids is 1. The number of esters is 1. The Morgan fingerprint density at radius 3 is 2.42 bits per heavy atom. The molecule has 0 radical (unpaired) electrons. The van der Waals surface area contributed by atoms with Crippen molar-refractivity contribution >= 4 is 12.0 Å². The van der Waals surface area contributed by atoms with Crippen molar-refractivity contribution in [2.45, 2.75) is 38.8 Å². The molecule has 1 N–H and O–H groups in total. The van der Waals surface area contributed by atoms with E-state index in [0.29, 0.717) is 0 Å². The predicted molar refractivity (Wildman–Crippen MR) is 76.7 cm³/mol. The van der Waals surface area contributed by atoms with Gasteiger partial charge in [-0.15, -0.1) is 0 Å². The van der Waals surface area contributed by atoms with E-state index in [1.54, 1.807) is 6.08 Å². The Hall–Kier alpha value is -1.61. The second kappa shape index (κ2) is 4.49. The van der Waals surface area contributed by atoms with Gasteiger partial charge in [0.25, 0.3) is 0 Å². The normalized spacial score (nSPS) is 19.4. The minimum atomic E-state index is -0.335. The van der Waals surface area contributed by atoms with Crippen molar-refractivity contribution < 1.29 is 9.53 Å². The van der Waals surface area contributed by atoms with Crippen LogP contribution in [-0.2, 0) is 20.6 Å². The maximum Gasteiger partial charge on any atom is 0.330 e. The Bertz CT molecular complexity index is 542. The van der Waals surface area contributed by atoms with Crippen LogP contribution >= 0.6 is 0 Å². The lowest BCUT2D eigenvalue weighted by molar-refractivity contribution is -0.134. The van der Waals surface area contributed by atoms with Crippen LogP contribution in [0.2, 0.25) is 0 Å². The number of ether oxygens (including phenoxy) is 1. The number of fused-ring (bicyclic) bond motifs is 1. The molecule has 0 aliphatic carbocycles. The summed E-state index contributed by atoms with van der Waals surface area (Å²) < 4.78 is 4.60. The molecule has 0 spiro atoms. The zero-order chi connectivity index (χ0) is 14.3. The third-order valence-electron chi connectivity index (χ3n) is 3.63. The van der Waals surface area contributed by atoms with Gasteiger partial charge in [-0.05, 0) is 56.5 Å². The van der Waals surface area contributed by atoms with Crippen LogP contribution in [-0.4, -0.2) is 13.1 Å². The topological polar surface area (TPSA) is 38.3 Å². The lowest BCUT2D eigenvalue weighted by Gasteiger charge is -2.25. The van der Waals surface area contributed by atoms with E-state index in [2.05, 4.69) is 49.9 Å². The second-order valence-corrected chi connectivity index (χ2v) is 6.04. The molecule has 0 atom stereocenters. The average Bonchev–Trinajstić information content (AvgIpc) is 2.52. The number of benzene rings is 1. The van der Waals surface area contributed by atoms with E-state index < -0.39 is 0 Å². The summed E-state index contributed by atoms with van der Waals surface area (Å²) >= 11 is 0. The van der Waals surface area contributed by atoms with Gasteiger partial charge in [0.2, 0.25) is 0 Å². The maximum atomic E-state index is 11.1. The molecule has 0 unspecified atom stereocenters. The third-order valence-corrected chi connectivity index (χ3v) is 3.63. The molecule has 1 heterocycles. The number of hydrogen-bond acceptors (Lipinski definition) is 3. The van der Waals surface area contributed by atoms with Gasteiger partial charge in [-0.3, -0.25) is 5.32 Å². The first-order valence-electron chi connectivity index (χ1n) is 6.47. The van der Waals surface area contributed by atoms with Crippen molar-refractivity contribution in [1.29, 1.82) is 0 Å². The fourth-order valence-corrected chi connectivity index (χ4v) is 2.88. The SMILES string of the molecule is COC(=O)/C=C/c1ccc2c(c1)C(C)(C)NC2(C)C. The Balaban J connectivity index is 2.40. The Labute approximate surface area is 114 Å². The van der Waals surface area contributed by atoms with E-state index >= 15 is 0 Å². The van der Waals surface area contributed by atoms with Gasteiger partial charge in [0.05, 0.1) is 7.11 Å². The fourth-order valence-electron chi connectivity index (χ4n) is 2.88. The van der Waals surface area contributed by atoms with Gasteiger partial charge >= 0.3 is 5.97 Å². The molecule has 102 valence electrons. The molecule has 1 aromatic rings. The van der Waals surface area contributed by atoms with Crippen molar-refractivity contribution in [3.8, 4) is 0 Å². The highest BCUT2D eigenvalue weighted by Crippen LogP contribution is 2.41. The number of carbonyl (C=O) groups is 1. The largest absolute Gasteiger partial charge is 0.466 e. The van der Waals surface area contributed by atoms with Gasteiger partial charge in [-0.2, -0.15) is 0 Å². The molecule has 0 saturated carbocycles. The summed E-state index contributed by atoms with van der Waals surface area (Å²) in [6.45, 7) is 8.72. The number of methoxy groups -OCH3 is 1. The first-order valence-corrected chi connectivity index (χ1v) is 6.47. The number of hydrogen-bond donors (Lipinski definition) is 1. The van der Waals surface area contributed by atoms with Crippen molar-refractivity contribution in [2.24, 2.45) is 0 Å². The zero-order valence-electron chi connectivity index (χ0n) is 12.2. The molecular weight excluding hydrogens is 238 g/mol. The summed E-state index contributed by atoms with van der Waals surface area (Å²) in [6.07, 6.45) is 3.23. The molecule has 1 aromatic carbocycles. The van der Waals surface area contributed by atoms with Crippen LogP contribution in [0, 0.1) is 0 Å². The van der Waals surface area contributed by atoms with E-state index in [9.17, 15) is 4.79 Å². The molecule has 0 saturated heterocycles. The molecule has 0 amide bonds. The van der Waals surface area contributed by atoms with Crippen molar-refractivity contribution in [1.82, 2.24) is 5.32 Å². The first kappa shape index (κ1) is 13.8.